The molecule has 20 heavy (non-hydrogen) atoms. The zero-order chi connectivity index (χ0) is 13.8. The molecule has 0 radical (unpaired) electrons. The molecule has 0 saturated heterocycles. The van der Waals surface area contributed by atoms with Crippen molar-refractivity contribution in [1.82, 2.24) is 19.9 Å². The zero-order valence-electron chi connectivity index (χ0n) is 12.3. The highest BCUT2D eigenvalue weighted by Gasteiger charge is 2.16. The molecule has 3 rings (SSSR count). The number of nitrogens with one attached hydrogen (secondary N) is 1. The number of pyridine rings is 1. The van der Waals surface area contributed by atoms with Gasteiger partial charge in [-0.1, -0.05) is 31.7 Å². The zero-order valence-corrected chi connectivity index (χ0v) is 12.3. The molecule has 1 aliphatic carbocycles. The maximum Gasteiger partial charge on any atom is 0.160 e. The van der Waals surface area contributed by atoms with Crippen molar-refractivity contribution >= 4 is 5.65 Å². The summed E-state index contributed by atoms with van der Waals surface area (Å²) in [5, 5.41) is 12.2. The Labute approximate surface area is 120 Å². The largest absolute Gasteiger partial charge is 0.307 e. The summed E-state index contributed by atoms with van der Waals surface area (Å²) in [6, 6.07) is 6.26. The van der Waals surface area contributed by atoms with Gasteiger partial charge < -0.3 is 5.32 Å². The van der Waals surface area contributed by atoms with Gasteiger partial charge in [0.05, 0.1) is 6.04 Å². The van der Waals surface area contributed by atoms with Crippen LogP contribution in [0.4, 0.5) is 0 Å². The van der Waals surface area contributed by atoms with Crippen LogP contribution in [0, 0.1) is 5.92 Å². The smallest absolute Gasteiger partial charge is 0.160 e. The van der Waals surface area contributed by atoms with E-state index in [0.717, 1.165) is 23.9 Å². The lowest BCUT2D eigenvalue weighted by molar-refractivity contribution is 0.396. The van der Waals surface area contributed by atoms with Crippen LogP contribution in [0.1, 0.15) is 57.3 Å². The van der Waals surface area contributed by atoms with Gasteiger partial charge >= 0.3 is 0 Å². The maximum absolute atomic E-state index is 4.33. The number of fused-ring (bicyclic) bond motifs is 1. The second-order valence-corrected chi connectivity index (χ2v) is 5.97. The van der Waals surface area contributed by atoms with Crippen molar-refractivity contribution < 1.29 is 0 Å². The van der Waals surface area contributed by atoms with Gasteiger partial charge in [-0.2, -0.15) is 0 Å². The lowest BCUT2D eigenvalue weighted by Gasteiger charge is -2.18. The highest BCUT2D eigenvalue weighted by atomic mass is 15.3. The molecule has 2 heterocycles. The molecule has 1 atom stereocenters. The van der Waals surface area contributed by atoms with E-state index in [1.54, 1.807) is 0 Å². The predicted molar refractivity (Wildman–Crippen MR) is 80.6 cm³/mol. The van der Waals surface area contributed by atoms with Crippen molar-refractivity contribution in [2.75, 3.05) is 6.54 Å². The lowest BCUT2D eigenvalue weighted by Crippen LogP contribution is -2.27. The first-order valence-electron chi connectivity index (χ1n) is 7.87. The SMILES string of the molecule is CC(NCC1CCCCCC1)c1nnc2ccccn12. The van der Waals surface area contributed by atoms with Gasteiger partial charge in [0.25, 0.3) is 0 Å². The van der Waals surface area contributed by atoms with Crippen LogP contribution in [-0.4, -0.2) is 21.1 Å². The molecular weight excluding hydrogens is 248 g/mol. The highest BCUT2D eigenvalue weighted by Crippen LogP contribution is 2.23. The van der Waals surface area contributed by atoms with Crippen LogP contribution < -0.4 is 5.32 Å². The van der Waals surface area contributed by atoms with Gasteiger partial charge in [-0.3, -0.25) is 4.40 Å². The van der Waals surface area contributed by atoms with Gasteiger partial charge in [0.15, 0.2) is 11.5 Å². The van der Waals surface area contributed by atoms with Gasteiger partial charge in [0.1, 0.15) is 0 Å². The molecule has 1 saturated carbocycles. The fraction of sp³-hybridized carbons (Fsp3) is 0.625. The fourth-order valence-electron chi connectivity index (χ4n) is 3.16. The first-order chi connectivity index (χ1) is 9.84. The average molecular weight is 272 g/mol. The molecule has 2 aromatic rings. The van der Waals surface area contributed by atoms with Crippen molar-refractivity contribution in [3.05, 3.63) is 30.2 Å². The summed E-state index contributed by atoms with van der Waals surface area (Å²) in [6.45, 7) is 3.28. The lowest BCUT2D eigenvalue weighted by atomic mass is 10.0. The Kier molecular flexibility index (Phi) is 4.31. The van der Waals surface area contributed by atoms with Crippen LogP contribution in [0.25, 0.3) is 5.65 Å². The Hall–Kier alpha value is -1.42. The topological polar surface area (TPSA) is 42.2 Å². The molecule has 1 N–H and O–H groups in total. The molecule has 4 nitrogen and oxygen atoms in total. The molecule has 1 fully saturated rings. The minimum absolute atomic E-state index is 0.246. The van der Waals surface area contributed by atoms with Crippen LogP contribution in [0.15, 0.2) is 24.4 Å². The molecular formula is C16H24N4. The van der Waals surface area contributed by atoms with Gasteiger partial charge in [-0.25, -0.2) is 0 Å². The van der Waals surface area contributed by atoms with E-state index in [1.807, 2.05) is 24.4 Å². The van der Waals surface area contributed by atoms with Gasteiger partial charge in [0.2, 0.25) is 0 Å². The first kappa shape index (κ1) is 13.6. The van der Waals surface area contributed by atoms with E-state index in [4.69, 9.17) is 0 Å². The quantitative estimate of drug-likeness (QED) is 0.868. The van der Waals surface area contributed by atoms with Crippen molar-refractivity contribution in [3.8, 4) is 0 Å². The average Bonchev–Trinajstić information content (AvgIpc) is 2.73. The second-order valence-electron chi connectivity index (χ2n) is 5.97. The fourth-order valence-corrected chi connectivity index (χ4v) is 3.16. The van der Waals surface area contributed by atoms with Crippen molar-refractivity contribution in [1.29, 1.82) is 0 Å². The van der Waals surface area contributed by atoms with E-state index in [0.29, 0.717) is 0 Å². The van der Waals surface area contributed by atoms with Crippen LogP contribution in [0.5, 0.6) is 0 Å². The van der Waals surface area contributed by atoms with Gasteiger partial charge in [0, 0.05) is 6.20 Å². The third-order valence-corrected chi connectivity index (χ3v) is 4.41. The summed E-state index contributed by atoms with van der Waals surface area (Å²) in [5.74, 6) is 1.84. The molecule has 0 bridgehead atoms. The molecule has 4 heteroatoms. The summed E-state index contributed by atoms with van der Waals surface area (Å²) in [4.78, 5) is 0. The Morgan fingerprint density at radius 3 is 2.80 bits per heavy atom. The minimum Gasteiger partial charge on any atom is -0.307 e. The second kappa shape index (κ2) is 6.35. The molecule has 0 aromatic carbocycles. The van der Waals surface area contributed by atoms with Crippen LogP contribution in [0.2, 0.25) is 0 Å². The molecule has 1 unspecified atom stereocenters. The molecule has 2 aromatic heterocycles. The third-order valence-electron chi connectivity index (χ3n) is 4.41. The summed E-state index contributed by atoms with van der Waals surface area (Å²) in [7, 11) is 0. The Balaban J connectivity index is 1.62. The summed E-state index contributed by atoms with van der Waals surface area (Å²) >= 11 is 0. The normalized spacial score (nSPS) is 19.1. The van der Waals surface area contributed by atoms with E-state index in [9.17, 15) is 0 Å². The molecule has 0 amide bonds. The molecule has 0 aliphatic heterocycles. The minimum atomic E-state index is 0.246. The van der Waals surface area contributed by atoms with E-state index < -0.39 is 0 Å². The summed E-state index contributed by atoms with van der Waals surface area (Å²) in [5.41, 5.74) is 0.922. The Bertz CT molecular complexity index is 540. The first-order valence-corrected chi connectivity index (χ1v) is 7.87. The van der Waals surface area contributed by atoms with Crippen molar-refractivity contribution in [2.45, 2.75) is 51.5 Å². The molecule has 1 aliphatic rings. The predicted octanol–water partition coefficient (Wildman–Crippen LogP) is 3.35. The van der Waals surface area contributed by atoms with Crippen LogP contribution in [0.3, 0.4) is 0 Å². The van der Waals surface area contributed by atoms with E-state index in [-0.39, 0.29) is 6.04 Å². The van der Waals surface area contributed by atoms with Crippen molar-refractivity contribution in [3.63, 3.8) is 0 Å². The number of hydrogen-bond donors (Lipinski definition) is 1. The number of nitrogens with zero attached hydrogens (tertiary/aromatic N) is 3. The Morgan fingerprint density at radius 2 is 2.00 bits per heavy atom. The third kappa shape index (κ3) is 3.01. The van der Waals surface area contributed by atoms with Gasteiger partial charge in [-0.15, -0.1) is 10.2 Å². The maximum atomic E-state index is 4.33. The Morgan fingerprint density at radius 1 is 1.20 bits per heavy atom. The van der Waals surface area contributed by atoms with E-state index >= 15 is 0 Å². The summed E-state index contributed by atoms with van der Waals surface area (Å²) in [6.07, 6.45) is 10.4. The number of hydrogen-bond acceptors (Lipinski definition) is 3. The van der Waals surface area contributed by atoms with Crippen LogP contribution >= 0.6 is 0 Å². The van der Waals surface area contributed by atoms with Gasteiger partial charge in [-0.05, 0) is 44.4 Å². The number of aromatic nitrogens is 3. The molecule has 0 spiro atoms. The van der Waals surface area contributed by atoms with Crippen LogP contribution in [-0.2, 0) is 0 Å². The van der Waals surface area contributed by atoms with E-state index in [2.05, 4.69) is 26.8 Å². The van der Waals surface area contributed by atoms with Crippen molar-refractivity contribution in [2.24, 2.45) is 5.92 Å². The molecule has 108 valence electrons. The summed E-state index contributed by atoms with van der Waals surface area (Å²) < 4.78 is 2.07. The standard InChI is InChI=1S/C16H24N4/c1-13(17-12-14-8-4-2-3-5-9-14)16-19-18-15-10-6-7-11-20(15)16/h6-7,10-11,13-14,17H,2-5,8-9,12H2,1H3. The monoisotopic (exact) mass is 272 g/mol. The van der Waals surface area contributed by atoms with E-state index in [1.165, 1.54) is 38.5 Å². The highest BCUT2D eigenvalue weighted by molar-refractivity contribution is 5.37. The number of rotatable bonds is 4.